The predicted molar refractivity (Wildman–Crippen MR) is 122 cm³/mol. The fourth-order valence-corrected chi connectivity index (χ4v) is 3.47. The minimum Gasteiger partial charge on any atom is -0.445 e. The maximum Gasteiger partial charge on any atom is 0.407 e. The average Bonchev–Trinajstić information content (AvgIpc) is 2.81. The molecule has 2 unspecified atom stereocenters. The van der Waals surface area contributed by atoms with E-state index in [4.69, 9.17) is 4.74 Å². The summed E-state index contributed by atoms with van der Waals surface area (Å²) in [5, 5.41) is 16.9. The van der Waals surface area contributed by atoms with Gasteiger partial charge in [0.1, 0.15) is 19.2 Å². The Balaban J connectivity index is 1.85. The van der Waals surface area contributed by atoms with Gasteiger partial charge in [-0.2, -0.15) is 8.42 Å². The van der Waals surface area contributed by atoms with Crippen LogP contribution in [-0.4, -0.2) is 60.0 Å². The van der Waals surface area contributed by atoms with Crippen molar-refractivity contribution in [3.8, 4) is 0 Å². The predicted octanol–water partition coefficient (Wildman–Crippen LogP) is 0.351. The first-order valence-electron chi connectivity index (χ1n) is 10.3. The highest BCUT2D eigenvalue weighted by Gasteiger charge is 2.32. The van der Waals surface area contributed by atoms with Crippen molar-refractivity contribution in [2.75, 3.05) is 6.54 Å². The second-order valence-corrected chi connectivity index (χ2v) is 8.93. The van der Waals surface area contributed by atoms with E-state index in [2.05, 4.69) is 16.0 Å². The van der Waals surface area contributed by atoms with Crippen LogP contribution in [0.15, 0.2) is 60.7 Å². The zero-order valence-electron chi connectivity index (χ0n) is 18.4. The highest BCUT2D eigenvalue weighted by atomic mass is 32.2. The van der Waals surface area contributed by atoms with Gasteiger partial charge in [-0.1, -0.05) is 60.7 Å². The number of hydrogen-bond acceptors (Lipinski definition) is 7. The van der Waals surface area contributed by atoms with Crippen molar-refractivity contribution in [2.45, 2.75) is 37.5 Å². The quantitative estimate of drug-likeness (QED) is 0.279. The van der Waals surface area contributed by atoms with E-state index < -0.39 is 52.1 Å². The summed E-state index contributed by atoms with van der Waals surface area (Å²) in [7, 11) is -4.87. The van der Waals surface area contributed by atoms with Gasteiger partial charge >= 0.3 is 6.09 Å². The zero-order chi connectivity index (χ0) is 25.1. The number of alkyl carbamates (subject to hydrolysis) is 1. The second-order valence-electron chi connectivity index (χ2n) is 7.41. The lowest BCUT2D eigenvalue weighted by Gasteiger charge is -2.24. The molecule has 5 N–H and O–H groups in total. The van der Waals surface area contributed by atoms with Crippen LogP contribution in [-0.2, 0) is 37.5 Å². The minimum atomic E-state index is -4.87. The van der Waals surface area contributed by atoms with Gasteiger partial charge in [-0.3, -0.25) is 14.1 Å². The summed E-state index contributed by atoms with van der Waals surface area (Å²) in [6.07, 6.45) is -0.918. The lowest BCUT2D eigenvalue weighted by atomic mass is 10.1. The van der Waals surface area contributed by atoms with Crippen LogP contribution in [0.1, 0.15) is 18.1 Å². The summed E-state index contributed by atoms with van der Waals surface area (Å²) < 4.78 is 37.0. The zero-order valence-corrected chi connectivity index (χ0v) is 19.2. The van der Waals surface area contributed by atoms with Gasteiger partial charge in [-0.25, -0.2) is 4.79 Å². The first-order chi connectivity index (χ1) is 16.1. The lowest BCUT2D eigenvalue weighted by Crippen LogP contribution is -2.54. The van der Waals surface area contributed by atoms with E-state index in [1.54, 1.807) is 54.6 Å². The van der Waals surface area contributed by atoms with Crippen molar-refractivity contribution in [2.24, 2.45) is 0 Å². The Bertz CT molecular complexity index is 1060. The molecule has 0 bridgehead atoms. The molecule has 0 aliphatic carbocycles. The van der Waals surface area contributed by atoms with Crippen LogP contribution in [0.25, 0.3) is 0 Å². The normalized spacial score (nSPS) is 13.7. The Labute approximate surface area is 197 Å². The molecule has 0 aliphatic heterocycles. The summed E-state index contributed by atoms with van der Waals surface area (Å²) in [5.74, 6) is -1.50. The van der Waals surface area contributed by atoms with Crippen molar-refractivity contribution >= 4 is 28.0 Å². The minimum absolute atomic E-state index is 0.0198. The number of carbonyl (C=O) groups excluding carboxylic acids is 3. The SMILES string of the molecule is C[C@H](NC(=O)CNC(=O)OCc1ccccc1)C(=O)NC(Cc1ccccc1)C(O)S(=O)(=O)O. The molecule has 0 saturated heterocycles. The van der Waals surface area contributed by atoms with Crippen LogP contribution in [0, 0.1) is 0 Å². The fourth-order valence-electron chi connectivity index (χ4n) is 2.89. The van der Waals surface area contributed by atoms with Crippen molar-refractivity contribution in [1.82, 2.24) is 16.0 Å². The summed E-state index contributed by atoms with van der Waals surface area (Å²) in [6.45, 7) is 0.888. The van der Waals surface area contributed by atoms with Crippen molar-refractivity contribution in [1.29, 1.82) is 0 Å². The van der Waals surface area contributed by atoms with E-state index in [0.29, 0.717) is 5.56 Å². The molecule has 2 rings (SSSR count). The molecule has 3 amide bonds. The number of aliphatic hydroxyl groups excluding tert-OH is 1. The maximum absolute atomic E-state index is 12.5. The van der Waals surface area contributed by atoms with Gasteiger partial charge < -0.3 is 25.8 Å². The molecule has 2 aromatic carbocycles. The van der Waals surface area contributed by atoms with Gasteiger partial charge in [0.25, 0.3) is 10.1 Å². The monoisotopic (exact) mass is 493 g/mol. The number of hydrogen-bond donors (Lipinski definition) is 5. The van der Waals surface area contributed by atoms with Crippen molar-refractivity contribution in [3.63, 3.8) is 0 Å². The number of ether oxygens (including phenoxy) is 1. The fraction of sp³-hybridized carbons (Fsp3) is 0.318. The van der Waals surface area contributed by atoms with Crippen LogP contribution < -0.4 is 16.0 Å². The van der Waals surface area contributed by atoms with E-state index >= 15 is 0 Å². The summed E-state index contributed by atoms with van der Waals surface area (Å²) in [6, 6.07) is 14.8. The molecule has 3 atom stereocenters. The third-order valence-corrected chi connectivity index (χ3v) is 5.59. The maximum atomic E-state index is 12.5. The van der Waals surface area contributed by atoms with Crippen LogP contribution in [0.5, 0.6) is 0 Å². The number of benzene rings is 2. The number of rotatable bonds is 11. The van der Waals surface area contributed by atoms with Gasteiger partial charge in [0.05, 0.1) is 6.04 Å². The number of amides is 3. The molecule has 0 fully saturated rings. The molecule has 11 nitrogen and oxygen atoms in total. The van der Waals surface area contributed by atoms with Gasteiger partial charge in [-0.05, 0) is 24.5 Å². The highest BCUT2D eigenvalue weighted by Crippen LogP contribution is 2.10. The van der Waals surface area contributed by atoms with Crippen molar-refractivity contribution < 1.29 is 37.2 Å². The molecule has 0 saturated carbocycles. The molecule has 0 aliphatic rings. The van der Waals surface area contributed by atoms with E-state index in [9.17, 15) is 32.5 Å². The van der Waals surface area contributed by atoms with Crippen LogP contribution in [0.3, 0.4) is 0 Å². The Morgan fingerprint density at radius 3 is 2.06 bits per heavy atom. The summed E-state index contributed by atoms with van der Waals surface area (Å²) in [4.78, 5) is 36.3. The molecule has 0 radical (unpaired) electrons. The van der Waals surface area contributed by atoms with Gasteiger partial charge in [0, 0.05) is 0 Å². The summed E-state index contributed by atoms with van der Waals surface area (Å²) in [5.41, 5.74) is -0.907. The van der Waals surface area contributed by atoms with E-state index in [1.807, 2.05) is 6.07 Å². The standard InChI is InChI=1S/C22H27N3O8S/c1-15(24-19(26)13-23-22(29)33-14-17-10-6-3-7-11-17)20(27)25-18(21(28)34(30,31)32)12-16-8-4-2-5-9-16/h2-11,15,18,21,28H,12-14H2,1H3,(H,23,29)(H,24,26)(H,25,27)(H,30,31,32)/t15-,18?,21?/m0/s1. The molecule has 0 heterocycles. The lowest BCUT2D eigenvalue weighted by molar-refractivity contribution is -0.128. The molecular weight excluding hydrogens is 466 g/mol. The largest absolute Gasteiger partial charge is 0.445 e. The van der Waals surface area contributed by atoms with Crippen LogP contribution in [0.2, 0.25) is 0 Å². The van der Waals surface area contributed by atoms with Gasteiger partial charge in [0.2, 0.25) is 17.3 Å². The van der Waals surface area contributed by atoms with Crippen LogP contribution >= 0.6 is 0 Å². The Kier molecular flexibility index (Phi) is 9.98. The number of nitrogens with one attached hydrogen (secondary N) is 3. The average molecular weight is 494 g/mol. The first kappa shape index (κ1) is 26.8. The smallest absolute Gasteiger partial charge is 0.407 e. The number of carbonyl (C=O) groups is 3. The van der Waals surface area contributed by atoms with Crippen LogP contribution in [0.4, 0.5) is 4.79 Å². The van der Waals surface area contributed by atoms with Crippen molar-refractivity contribution in [3.05, 3.63) is 71.8 Å². The van der Waals surface area contributed by atoms with E-state index in [1.165, 1.54) is 6.92 Å². The Morgan fingerprint density at radius 1 is 0.941 bits per heavy atom. The second kappa shape index (κ2) is 12.7. The molecule has 12 heteroatoms. The molecule has 2 aromatic rings. The number of aliphatic hydroxyl groups is 1. The molecule has 0 spiro atoms. The third-order valence-electron chi connectivity index (χ3n) is 4.65. The van der Waals surface area contributed by atoms with E-state index in [0.717, 1.165) is 5.56 Å². The Hall–Kier alpha value is -3.48. The first-order valence-corrected chi connectivity index (χ1v) is 11.8. The molecular formula is C22H27N3O8S. The van der Waals surface area contributed by atoms with Gasteiger partial charge in [-0.15, -0.1) is 0 Å². The molecule has 0 aromatic heterocycles. The van der Waals surface area contributed by atoms with E-state index in [-0.39, 0.29) is 13.0 Å². The molecule has 184 valence electrons. The Morgan fingerprint density at radius 2 is 1.50 bits per heavy atom. The highest BCUT2D eigenvalue weighted by molar-refractivity contribution is 7.86. The topological polar surface area (TPSA) is 171 Å². The summed E-state index contributed by atoms with van der Waals surface area (Å²) >= 11 is 0. The molecule has 34 heavy (non-hydrogen) atoms. The third kappa shape index (κ3) is 9.17. The van der Waals surface area contributed by atoms with Gasteiger partial charge in [0.15, 0.2) is 0 Å².